The molecule has 0 spiro atoms. The van der Waals surface area contributed by atoms with Gasteiger partial charge in [-0.05, 0) is 66.2 Å². The Labute approximate surface area is 194 Å². The summed E-state index contributed by atoms with van der Waals surface area (Å²) in [6, 6.07) is 7.52. The Bertz CT molecular complexity index is 1250. The molecular formula is C21H19BrF3N5O3. The highest BCUT2D eigenvalue weighted by molar-refractivity contribution is 9.10. The lowest BCUT2D eigenvalue weighted by atomic mass is 10.0. The van der Waals surface area contributed by atoms with Crippen LogP contribution in [0.2, 0.25) is 0 Å². The first-order valence-electron chi connectivity index (χ1n) is 9.42. The molecule has 174 valence electrons. The Morgan fingerprint density at radius 2 is 1.58 bits per heavy atom. The number of amides is 2. The number of hydrogen-bond acceptors (Lipinski definition) is 5. The zero-order chi connectivity index (χ0) is 24.7. The molecule has 2 amide bonds. The second kappa shape index (κ2) is 8.50. The maximum atomic E-state index is 13.7. The lowest BCUT2D eigenvalue weighted by Gasteiger charge is -2.26. The maximum absolute atomic E-state index is 13.7. The van der Waals surface area contributed by atoms with Gasteiger partial charge in [0.25, 0.3) is 0 Å². The summed E-state index contributed by atoms with van der Waals surface area (Å²) < 4.78 is 49.0. The van der Waals surface area contributed by atoms with Crippen molar-refractivity contribution in [1.82, 2.24) is 14.8 Å². The van der Waals surface area contributed by atoms with Gasteiger partial charge in [-0.15, -0.1) is 10.2 Å². The minimum absolute atomic E-state index is 0.0758. The van der Waals surface area contributed by atoms with Gasteiger partial charge in [0.2, 0.25) is 11.8 Å². The third-order valence-electron chi connectivity index (χ3n) is 4.85. The summed E-state index contributed by atoms with van der Waals surface area (Å²) in [5.74, 6) is -1.07. The van der Waals surface area contributed by atoms with Crippen LogP contribution in [-0.2, 0) is 18.8 Å². The van der Waals surface area contributed by atoms with E-state index in [9.17, 15) is 22.8 Å². The van der Waals surface area contributed by atoms with Crippen molar-refractivity contribution < 1.29 is 27.5 Å². The van der Waals surface area contributed by atoms with Crippen LogP contribution in [-0.4, -0.2) is 26.6 Å². The second-order valence-electron chi connectivity index (χ2n) is 7.65. The monoisotopic (exact) mass is 525 g/mol. The quantitative estimate of drug-likeness (QED) is 0.506. The smallest absolute Gasteiger partial charge is 0.417 e. The van der Waals surface area contributed by atoms with E-state index < -0.39 is 29.2 Å². The molecule has 0 aliphatic rings. The molecule has 3 rings (SSSR count). The summed E-state index contributed by atoms with van der Waals surface area (Å²) in [5.41, 5.74) is 7.93. The van der Waals surface area contributed by atoms with E-state index in [-0.39, 0.29) is 28.3 Å². The van der Waals surface area contributed by atoms with Crippen LogP contribution in [0, 0.1) is 0 Å². The third-order valence-corrected chi connectivity index (χ3v) is 5.46. The molecule has 4 N–H and O–H groups in total. The molecule has 0 aliphatic carbocycles. The van der Waals surface area contributed by atoms with Gasteiger partial charge in [0.05, 0.1) is 10.0 Å². The molecule has 0 aliphatic heterocycles. The number of rotatable bonds is 6. The van der Waals surface area contributed by atoms with Gasteiger partial charge in [-0.25, -0.2) is 0 Å². The molecule has 0 bridgehead atoms. The predicted octanol–water partition coefficient (Wildman–Crippen LogP) is 3.78. The Balaban J connectivity index is 2.03. The van der Waals surface area contributed by atoms with Gasteiger partial charge in [-0.2, -0.15) is 13.2 Å². The van der Waals surface area contributed by atoms with Gasteiger partial charge < -0.3 is 20.8 Å². The van der Waals surface area contributed by atoms with Crippen LogP contribution in [0.15, 0.2) is 40.9 Å². The molecule has 0 radical (unpaired) electrons. The minimum Gasteiger partial charge on any atom is -0.479 e. The fourth-order valence-corrected chi connectivity index (χ4v) is 3.73. The molecule has 0 saturated heterocycles. The van der Waals surface area contributed by atoms with E-state index in [2.05, 4.69) is 26.1 Å². The van der Waals surface area contributed by atoms with E-state index in [0.717, 1.165) is 6.07 Å². The largest absolute Gasteiger partial charge is 0.479 e. The van der Waals surface area contributed by atoms with Crippen molar-refractivity contribution in [2.45, 2.75) is 25.6 Å². The molecular weight excluding hydrogens is 507 g/mol. The topological polar surface area (TPSA) is 126 Å². The molecule has 1 aromatic heterocycles. The summed E-state index contributed by atoms with van der Waals surface area (Å²) in [4.78, 5) is 22.7. The minimum atomic E-state index is -4.76. The van der Waals surface area contributed by atoms with Crippen LogP contribution in [0.4, 0.5) is 13.2 Å². The number of benzene rings is 2. The number of carbonyl (C=O) groups excluding carboxylic acids is 2. The van der Waals surface area contributed by atoms with Crippen LogP contribution in [0.3, 0.4) is 0 Å². The van der Waals surface area contributed by atoms with Crippen molar-refractivity contribution in [3.8, 4) is 17.1 Å². The van der Waals surface area contributed by atoms with Crippen LogP contribution < -0.4 is 16.2 Å². The second-order valence-corrected chi connectivity index (χ2v) is 8.50. The van der Waals surface area contributed by atoms with Gasteiger partial charge in [0.15, 0.2) is 17.2 Å². The maximum Gasteiger partial charge on any atom is 0.417 e. The van der Waals surface area contributed by atoms with Crippen LogP contribution in [0.25, 0.3) is 11.4 Å². The highest BCUT2D eigenvalue weighted by atomic mass is 79.9. The Morgan fingerprint density at radius 1 is 1.00 bits per heavy atom. The molecule has 2 aromatic carbocycles. The van der Waals surface area contributed by atoms with E-state index in [4.69, 9.17) is 16.2 Å². The molecule has 0 saturated carbocycles. The van der Waals surface area contributed by atoms with Gasteiger partial charge in [-0.3, -0.25) is 9.59 Å². The molecule has 0 atom stereocenters. The fraction of sp³-hybridized carbons (Fsp3) is 0.238. The number of halogens is 4. The molecule has 1 heterocycles. The standard InChI is InChI=1S/C21H19BrF3N5O3/c1-20(2,33-15-7-5-11(17(27)32)9-14(15)22)19-29-28-18(30(19)3)12-6-4-10(16(26)31)8-13(12)21(23,24)25/h4-9H,1-3H3,(H2,26,31)(H2,27,32). The van der Waals surface area contributed by atoms with Crippen molar-refractivity contribution in [1.29, 1.82) is 0 Å². The number of carbonyl (C=O) groups is 2. The van der Waals surface area contributed by atoms with E-state index in [0.29, 0.717) is 16.3 Å². The average molecular weight is 526 g/mol. The number of ether oxygens (including phenoxy) is 1. The number of nitrogens with zero attached hydrogens (tertiary/aromatic N) is 3. The Morgan fingerprint density at radius 3 is 2.12 bits per heavy atom. The summed E-state index contributed by atoms with van der Waals surface area (Å²) in [6.45, 7) is 3.33. The summed E-state index contributed by atoms with van der Waals surface area (Å²) in [6.07, 6.45) is -4.76. The lowest BCUT2D eigenvalue weighted by Crippen LogP contribution is -2.29. The third kappa shape index (κ3) is 4.85. The van der Waals surface area contributed by atoms with Crippen LogP contribution in [0.1, 0.15) is 46.0 Å². The van der Waals surface area contributed by atoms with E-state index in [1.165, 1.54) is 35.9 Å². The van der Waals surface area contributed by atoms with Crippen molar-refractivity contribution in [2.24, 2.45) is 18.5 Å². The van der Waals surface area contributed by atoms with Crippen LogP contribution in [0.5, 0.6) is 5.75 Å². The molecule has 0 fully saturated rings. The van der Waals surface area contributed by atoms with E-state index >= 15 is 0 Å². The SMILES string of the molecule is Cn1c(-c2ccc(C(N)=O)cc2C(F)(F)F)nnc1C(C)(C)Oc1ccc(C(N)=O)cc1Br. The zero-order valence-electron chi connectivity index (χ0n) is 17.7. The molecule has 33 heavy (non-hydrogen) atoms. The highest BCUT2D eigenvalue weighted by Crippen LogP contribution is 2.38. The van der Waals surface area contributed by atoms with E-state index in [1.54, 1.807) is 13.8 Å². The first-order valence-corrected chi connectivity index (χ1v) is 10.2. The molecule has 12 heteroatoms. The van der Waals surface area contributed by atoms with Crippen molar-refractivity contribution >= 4 is 27.7 Å². The van der Waals surface area contributed by atoms with Crippen molar-refractivity contribution in [3.05, 3.63) is 63.4 Å². The van der Waals surface area contributed by atoms with E-state index in [1.807, 2.05) is 0 Å². The lowest BCUT2D eigenvalue weighted by molar-refractivity contribution is -0.137. The number of nitrogens with two attached hydrogens (primary N) is 2. The normalized spacial score (nSPS) is 12.0. The highest BCUT2D eigenvalue weighted by Gasteiger charge is 2.37. The van der Waals surface area contributed by atoms with Gasteiger partial charge >= 0.3 is 6.18 Å². The van der Waals surface area contributed by atoms with Crippen molar-refractivity contribution in [3.63, 3.8) is 0 Å². The van der Waals surface area contributed by atoms with Gasteiger partial charge in [0, 0.05) is 23.7 Å². The summed E-state index contributed by atoms with van der Waals surface area (Å²) in [7, 11) is 1.50. The number of primary amides is 2. The van der Waals surface area contributed by atoms with Crippen molar-refractivity contribution in [2.75, 3.05) is 0 Å². The van der Waals surface area contributed by atoms with Gasteiger partial charge in [-0.1, -0.05) is 0 Å². The first kappa shape index (κ1) is 24.2. The molecule has 0 unspecified atom stereocenters. The molecule has 8 nitrogen and oxygen atoms in total. The fourth-order valence-electron chi connectivity index (χ4n) is 3.27. The summed E-state index contributed by atoms with van der Waals surface area (Å²) >= 11 is 3.31. The Hall–Kier alpha value is -3.41. The van der Waals surface area contributed by atoms with Gasteiger partial charge in [0.1, 0.15) is 5.75 Å². The number of aromatic nitrogens is 3. The first-order chi connectivity index (χ1) is 15.2. The zero-order valence-corrected chi connectivity index (χ0v) is 19.3. The Kier molecular flexibility index (Phi) is 6.25. The average Bonchev–Trinajstić information content (AvgIpc) is 3.10. The number of hydrogen-bond donors (Lipinski definition) is 2. The summed E-state index contributed by atoms with van der Waals surface area (Å²) in [5, 5.41) is 8.00. The number of alkyl halides is 3. The molecule has 3 aromatic rings. The predicted molar refractivity (Wildman–Crippen MR) is 116 cm³/mol. The van der Waals surface area contributed by atoms with Crippen LogP contribution >= 0.6 is 15.9 Å².